The highest BCUT2D eigenvalue weighted by atomic mass is 32.2. The molecule has 0 radical (unpaired) electrons. The van der Waals surface area contributed by atoms with Crippen LogP contribution in [-0.4, -0.2) is 22.1 Å². The van der Waals surface area contributed by atoms with Crippen LogP contribution in [0.1, 0.15) is 19.8 Å². The summed E-state index contributed by atoms with van der Waals surface area (Å²) in [6, 6.07) is 19.9. The first-order valence-corrected chi connectivity index (χ1v) is 8.07. The van der Waals surface area contributed by atoms with Crippen molar-refractivity contribution in [3.63, 3.8) is 0 Å². The van der Waals surface area contributed by atoms with Crippen LogP contribution in [0, 0.1) is 0 Å². The molecule has 1 aliphatic rings. The molecule has 1 atom stereocenters. The first-order valence-electron chi connectivity index (χ1n) is 7.26. The van der Waals surface area contributed by atoms with Crippen molar-refractivity contribution < 1.29 is 9.84 Å². The average molecular weight is 300 g/mol. The first-order chi connectivity index (χ1) is 10.1. The van der Waals surface area contributed by atoms with Gasteiger partial charge in [0.25, 0.3) is 0 Å². The molecule has 1 N–H and O–H groups in total. The van der Waals surface area contributed by atoms with Gasteiger partial charge in [-0.25, -0.2) is 0 Å². The highest BCUT2D eigenvalue weighted by Gasteiger charge is 2.57. The van der Waals surface area contributed by atoms with Gasteiger partial charge in [0.15, 0.2) is 0 Å². The van der Waals surface area contributed by atoms with Gasteiger partial charge in [0, 0.05) is 4.90 Å². The number of ether oxygens (including phenoxy) is 1. The van der Waals surface area contributed by atoms with E-state index in [1.807, 2.05) is 55.5 Å². The maximum absolute atomic E-state index is 10.9. The summed E-state index contributed by atoms with van der Waals surface area (Å²) in [4.78, 5) is 1.20. The maximum atomic E-state index is 10.9. The molecule has 2 nitrogen and oxygen atoms in total. The first kappa shape index (κ1) is 14.5. The molecule has 1 fully saturated rings. The SMILES string of the molecule is CC(O)(COc1ccccc1)C1(Sc2ccccc2)CC1. The predicted octanol–water partition coefficient (Wildman–Crippen LogP) is 4.14. The van der Waals surface area contributed by atoms with E-state index in [0.29, 0.717) is 6.61 Å². The monoisotopic (exact) mass is 300 g/mol. The van der Waals surface area contributed by atoms with E-state index >= 15 is 0 Å². The minimum absolute atomic E-state index is 0.122. The molecule has 2 aromatic rings. The van der Waals surface area contributed by atoms with Crippen LogP contribution in [0.2, 0.25) is 0 Å². The zero-order chi connectivity index (χ0) is 14.8. The summed E-state index contributed by atoms with van der Waals surface area (Å²) in [5.41, 5.74) is -0.844. The van der Waals surface area contributed by atoms with E-state index in [-0.39, 0.29) is 4.75 Å². The number of hydrogen-bond acceptors (Lipinski definition) is 3. The Morgan fingerprint density at radius 2 is 1.62 bits per heavy atom. The van der Waals surface area contributed by atoms with Crippen LogP contribution < -0.4 is 4.74 Å². The Bertz CT molecular complexity index is 577. The molecule has 1 aliphatic carbocycles. The lowest BCUT2D eigenvalue weighted by Gasteiger charge is -2.32. The Morgan fingerprint density at radius 3 is 2.19 bits per heavy atom. The van der Waals surface area contributed by atoms with E-state index < -0.39 is 5.60 Å². The third-order valence-electron chi connectivity index (χ3n) is 4.01. The third kappa shape index (κ3) is 3.25. The number of aliphatic hydroxyl groups is 1. The molecule has 3 heteroatoms. The number of rotatable bonds is 6. The second-order valence-electron chi connectivity index (χ2n) is 5.78. The van der Waals surface area contributed by atoms with Gasteiger partial charge in [-0.1, -0.05) is 36.4 Å². The van der Waals surface area contributed by atoms with E-state index in [2.05, 4.69) is 12.1 Å². The second-order valence-corrected chi connectivity index (χ2v) is 7.24. The molecule has 3 rings (SSSR count). The minimum Gasteiger partial charge on any atom is -0.491 e. The molecule has 0 spiro atoms. The fourth-order valence-electron chi connectivity index (χ4n) is 2.45. The molecule has 21 heavy (non-hydrogen) atoms. The lowest BCUT2D eigenvalue weighted by Crippen LogP contribution is -2.44. The van der Waals surface area contributed by atoms with E-state index in [0.717, 1.165) is 18.6 Å². The van der Waals surface area contributed by atoms with Gasteiger partial charge in [0.1, 0.15) is 18.0 Å². The largest absolute Gasteiger partial charge is 0.491 e. The Hall–Kier alpha value is -1.45. The van der Waals surface area contributed by atoms with Crippen molar-refractivity contribution in [3.05, 3.63) is 60.7 Å². The minimum atomic E-state index is -0.844. The smallest absolute Gasteiger partial charge is 0.119 e. The lowest BCUT2D eigenvalue weighted by molar-refractivity contribution is 0.00331. The third-order valence-corrected chi connectivity index (χ3v) is 5.75. The molecule has 2 aromatic carbocycles. The lowest BCUT2D eigenvalue weighted by atomic mass is 10.0. The molecule has 110 valence electrons. The summed E-state index contributed by atoms with van der Waals surface area (Å²) in [5.74, 6) is 0.804. The van der Waals surface area contributed by atoms with E-state index in [9.17, 15) is 5.11 Å². The Morgan fingerprint density at radius 1 is 1.05 bits per heavy atom. The van der Waals surface area contributed by atoms with Crippen LogP contribution in [0.4, 0.5) is 0 Å². The van der Waals surface area contributed by atoms with Crippen molar-refractivity contribution in [2.24, 2.45) is 0 Å². The molecule has 0 aromatic heterocycles. The fourth-order valence-corrected chi connectivity index (χ4v) is 3.78. The van der Waals surface area contributed by atoms with E-state index in [1.165, 1.54) is 4.90 Å². The summed E-state index contributed by atoms with van der Waals surface area (Å²) in [6.07, 6.45) is 2.05. The van der Waals surface area contributed by atoms with Gasteiger partial charge >= 0.3 is 0 Å². The number of hydrogen-bond donors (Lipinski definition) is 1. The Balaban J connectivity index is 1.66. The number of para-hydroxylation sites is 1. The summed E-state index contributed by atoms with van der Waals surface area (Å²) in [7, 11) is 0. The van der Waals surface area contributed by atoms with Crippen molar-refractivity contribution in [3.8, 4) is 5.75 Å². The van der Waals surface area contributed by atoms with Gasteiger partial charge < -0.3 is 9.84 Å². The van der Waals surface area contributed by atoms with E-state index in [4.69, 9.17) is 4.74 Å². The normalized spacial score (nSPS) is 18.8. The standard InChI is InChI=1S/C18H20O2S/c1-17(19,14-20-15-8-4-2-5-9-15)18(12-13-18)21-16-10-6-3-7-11-16/h2-11,19H,12-14H2,1H3. The Kier molecular flexibility index (Phi) is 3.96. The molecule has 0 amide bonds. The fraction of sp³-hybridized carbons (Fsp3) is 0.333. The zero-order valence-corrected chi connectivity index (χ0v) is 13.0. The van der Waals surface area contributed by atoms with Crippen LogP contribution in [0.15, 0.2) is 65.6 Å². The van der Waals surface area contributed by atoms with Gasteiger partial charge in [0.05, 0.1) is 4.75 Å². The summed E-state index contributed by atoms with van der Waals surface area (Å²) >= 11 is 1.77. The average Bonchev–Trinajstić information content (AvgIpc) is 3.29. The van der Waals surface area contributed by atoms with Crippen LogP contribution in [0.3, 0.4) is 0 Å². The van der Waals surface area contributed by atoms with Gasteiger partial charge in [0.2, 0.25) is 0 Å². The molecule has 0 heterocycles. The highest BCUT2D eigenvalue weighted by molar-refractivity contribution is 8.01. The van der Waals surface area contributed by atoms with Crippen molar-refractivity contribution in [2.45, 2.75) is 35.0 Å². The van der Waals surface area contributed by atoms with Crippen LogP contribution in [0.25, 0.3) is 0 Å². The van der Waals surface area contributed by atoms with Crippen LogP contribution in [0.5, 0.6) is 5.75 Å². The number of benzene rings is 2. The molecule has 0 bridgehead atoms. The highest BCUT2D eigenvalue weighted by Crippen LogP contribution is 2.58. The van der Waals surface area contributed by atoms with Crippen molar-refractivity contribution in [2.75, 3.05) is 6.61 Å². The molecule has 0 saturated heterocycles. The molecule has 0 aliphatic heterocycles. The van der Waals surface area contributed by atoms with Gasteiger partial charge in [-0.15, -0.1) is 11.8 Å². The van der Waals surface area contributed by atoms with Gasteiger partial charge in [-0.3, -0.25) is 0 Å². The van der Waals surface area contributed by atoms with E-state index in [1.54, 1.807) is 11.8 Å². The molecule has 1 unspecified atom stereocenters. The van der Waals surface area contributed by atoms with Crippen molar-refractivity contribution in [1.29, 1.82) is 0 Å². The van der Waals surface area contributed by atoms with Gasteiger partial charge in [-0.05, 0) is 44.0 Å². The summed E-state index contributed by atoms with van der Waals surface area (Å²) in [6.45, 7) is 2.20. The zero-order valence-electron chi connectivity index (χ0n) is 12.2. The van der Waals surface area contributed by atoms with Crippen molar-refractivity contribution >= 4 is 11.8 Å². The van der Waals surface area contributed by atoms with Crippen LogP contribution >= 0.6 is 11.8 Å². The number of thioether (sulfide) groups is 1. The molecular formula is C18H20O2S. The molecule has 1 saturated carbocycles. The predicted molar refractivity (Wildman–Crippen MR) is 86.8 cm³/mol. The Labute approximate surface area is 130 Å². The topological polar surface area (TPSA) is 29.5 Å². The summed E-state index contributed by atoms with van der Waals surface area (Å²) < 4.78 is 5.65. The quantitative estimate of drug-likeness (QED) is 0.869. The maximum Gasteiger partial charge on any atom is 0.119 e. The molecular weight excluding hydrogens is 280 g/mol. The van der Waals surface area contributed by atoms with Gasteiger partial charge in [-0.2, -0.15) is 0 Å². The summed E-state index contributed by atoms with van der Waals surface area (Å²) in [5, 5.41) is 10.9. The second kappa shape index (κ2) is 5.74. The van der Waals surface area contributed by atoms with Crippen LogP contribution in [-0.2, 0) is 0 Å². The van der Waals surface area contributed by atoms with Crippen molar-refractivity contribution in [1.82, 2.24) is 0 Å².